The highest BCUT2D eigenvalue weighted by Gasteiger charge is 2.04. The first kappa shape index (κ1) is 7.74. The Balaban J connectivity index is 3.16. The maximum atomic E-state index is 10.2. The molecule has 1 aromatic rings. The van der Waals surface area contributed by atoms with E-state index in [2.05, 4.69) is 0 Å². The maximum absolute atomic E-state index is 10.2. The van der Waals surface area contributed by atoms with Crippen molar-refractivity contribution in [3.63, 3.8) is 0 Å². The summed E-state index contributed by atoms with van der Waals surface area (Å²) in [4.78, 5) is 20.4. The Labute approximate surface area is 65.7 Å². The molecule has 4 nitrogen and oxygen atoms in total. The lowest BCUT2D eigenvalue weighted by molar-refractivity contribution is -0.259. The van der Waals surface area contributed by atoms with E-state index in [1.165, 1.54) is 10.8 Å². The Bertz CT molecular complexity index is 273. The molecule has 0 amide bonds. The fraction of sp³-hybridized carbons (Fsp3) is 0. The highest BCUT2D eigenvalue weighted by atomic mass is 32.1. The molecule has 1 aromatic heterocycles. The Morgan fingerprint density at radius 1 is 1.09 bits per heavy atom. The number of carboxylic acid groups (broad SMARTS) is 2. The van der Waals surface area contributed by atoms with Gasteiger partial charge in [0.2, 0.25) is 0 Å². The SMILES string of the molecule is O=C([O-])c1cscc1C(=O)[O-]. The Kier molecular flexibility index (Phi) is 1.91. The number of hydrogen-bond donors (Lipinski definition) is 0. The van der Waals surface area contributed by atoms with Crippen molar-refractivity contribution in [2.45, 2.75) is 0 Å². The van der Waals surface area contributed by atoms with Crippen LogP contribution in [0.3, 0.4) is 0 Å². The fourth-order valence-electron chi connectivity index (χ4n) is 0.613. The van der Waals surface area contributed by atoms with Gasteiger partial charge in [0.1, 0.15) is 0 Å². The van der Waals surface area contributed by atoms with Crippen LogP contribution in [-0.4, -0.2) is 11.9 Å². The molecule has 11 heavy (non-hydrogen) atoms. The normalized spacial score (nSPS) is 9.45. The van der Waals surface area contributed by atoms with E-state index >= 15 is 0 Å². The molecule has 0 fully saturated rings. The number of carbonyl (C=O) groups excluding carboxylic acids is 2. The lowest BCUT2D eigenvalue weighted by Crippen LogP contribution is -2.28. The summed E-state index contributed by atoms with van der Waals surface area (Å²) in [7, 11) is 0. The van der Waals surface area contributed by atoms with Crippen molar-refractivity contribution in [3.8, 4) is 0 Å². The Morgan fingerprint density at radius 2 is 1.45 bits per heavy atom. The number of rotatable bonds is 2. The first-order chi connectivity index (χ1) is 5.13. The molecule has 0 saturated carbocycles. The number of aromatic carboxylic acids is 2. The molecule has 0 aliphatic carbocycles. The summed E-state index contributed by atoms with van der Waals surface area (Å²) in [5, 5.41) is 22.8. The van der Waals surface area contributed by atoms with Crippen LogP contribution in [0.5, 0.6) is 0 Å². The summed E-state index contributed by atoms with van der Waals surface area (Å²) >= 11 is 0.981. The minimum absolute atomic E-state index is 0.324. The van der Waals surface area contributed by atoms with Crippen LogP contribution >= 0.6 is 11.3 Å². The van der Waals surface area contributed by atoms with Gasteiger partial charge < -0.3 is 19.8 Å². The second-order valence-electron chi connectivity index (χ2n) is 1.77. The smallest absolute Gasteiger partial charge is 0.0730 e. The molecule has 0 aromatic carbocycles. The van der Waals surface area contributed by atoms with Gasteiger partial charge in [-0.1, -0.05) is 0 Å². The lowest BCUT2D eigenvalue weighted by Gasteiger charge is -2.03. The molecule has 1 rings (SSSR count). The standard InChI is InChI=1S/C6H4O4S/c7-5(8)3-1-11-2-4(3)6(9)10/h1-2H,(H,7,8)(H,9,10)/p-2. The maximum Gasteiger partial charge on any atom is 0.0730 e. The summed E-state index contributed by atoms with van der Waals surface area (Å²) < 4.78 is 0. The quantitative estimate of drug-likeness (QED) is 0.539. The van der Waals surface area contributed by atoms with E-state index in [1.807, 2.05) is 0 Å². The summed E-state index contributed by atoms with van der Waals surface area (Å²) in [6.07, 6.45) is 0. The van der Waals surface area contributed by atoms with E-state index in [-0.39, 0.29) is 11.1 Å². The third kappa shape index (κ3) is 1.38. The van der Waals surface area contributed by atoms with Gasteiger partial charge in [-0.05, 0) is 0 Å². The number of hydrogen-bond acceptors (Lipinski definition) is 5. The van der Waals surface area contributed by atoms with E-state index in [0.29, 0.717) is 0 Å². The second kappa shape index (κ2) is 2.71. The minimum Gasteiger partial charge on any atom is -0.545 e. The first-order valence-electron chi connectivity index (χ1n) is 2.62. The lowest BCUT2D eigenvalue weighted by atomic mass is 10.2. The summed E-state index contributed by atoms with van der Waals surface area (Å²) in [6, 6.07) is 0. The van der Waals surface area contributed by atoms with Gasteiger partial charge in [-0.3, -0.25) is 0 Å². The van der Waals surface area contributed by atoms with Gasteiger partial charge in [0.05, 0.1) is 11.9 Å². The van der Waals surface area contributed by atoms with Crippen LogP contribution in [-0.2, 0) is 0 Å². The van der Waals surface area contributed by atoms with Crippen LogP contribution in [0.2, 0.25) is 0 Å². The third-order valence-electron chi connectivity index (χ3n) is 1.10. The van der Waals surface area contributed by atoms with Gasteiger partial charge in [-0.25, -0.2) is 0 Å². The molecule has 58 valence electrons. The van der Waals surface area contributed by atoms with Crippen LogP contribution < -0.4 is 10.2 Å². The second-order valence-corrected chi connectivity index (χ2v) is 2.52. The molecule has 0 spiro atoms. The van der Waals surface area contributed by atoms with Gasteiger partial charge >= 0.3 is 0 Å². The molecular formula is C6H2O4S-2. The highest BCUT2D eigenvalue weighted by Crippen LogP contribution is 2.12. The summed E-state index contributed by atoms with van der Waals surface area (Å²) in [6.45, 7) is 0. The van der Waals surface area contributed by atoms with E-state index < -0.39 is 11.9 Å². The summed E-state index contributed by atoms with van der Waals surface area (Å²) in [5.74, 6) is -2.99. The number of carboxylic acids is 2. The van der Waals surface area contributed by atoms with Crippen LogP contribution in [0.15, 0.2) is 10.8 Å². The molecule has 0 atom stereocenters. The summed E-state index contributed by atoms with van der Waals surface area (Å²) in [5.41, 5.74) is -0.648. The molecule has 0 aliphatic heterocycles. The molecule has 0 unspecified atom stereocenters. The van der Waals surface area contributed by atoms with Gasteiger partial charge in [0, 0.05) is 21.9 Å². The minimum atomic E-state index is -1.49. The van der Waals surface area contributed by atoms with E-state index in [0.717, 1.165) is 11.3 Å². The van der Waals surface area contributed by atoms with Gasteiger partial charge in [-0.2, -0.15) is 11.3 Å². The van der Waals surface area contributed by atoms with E-state index in [4.69, 9.17) is 0 Å². The first-order valence-corrected chi connectivity index (χ1v) is 3.56. The molecule has 0 N–H and O–H groups in total. The highest BCUT2D eigenvalue weighted by molar-refractivity contribution is 7.08. The largest absolute Gasteiger partial charge is 0.545 e. The van der Waals surface area contributed by atoms with Gasteiger partial charge in [0.25, 0.3) is 0 Å². The molecule has 5 heteroatoms. The van der Waals surface area contributed by atoms with E-state index in [1.54, 1.807) is 0 Å². The van der Waals surface area contributed by atoms with Crippen LogP contribution in [0.25, 0.3) is 0 Å². The third-order valence-corrected chi connectivity index (χ3v) is 1.85. The molecule has 1 heterocycles. The van der Waals surface area contributed by atoms with Gasteiger partial charge in [0.15, 0.2) is 0 Å². The molecule has 0 saturated heterocycles. The van der Waals surface area contributed by atoms with Crippen LogP contribution in [0, 0.1) is 0 Å². The van der Waals surface area contributed by atoms with Crippen molar-refractivity contribution >= 4 is 23.3 Å². The van der Waals surface area contributed by atoms with Crippen molar-refractivity contribution < 1.29 is 19.8 Å². The Morgan fingerprint density at radius 3 is 1.73 bits per heavy atom. The van der Waals surface area contributed by atoms with Gasteiger partial charge in [-0.15, -0.1) is 0 Å². The predicted molar refractivity (Wildman–Crippen MR) is 33.0 cm³/mol. The zero-order chi connectivity index (χ0) is 8.43. The predicted octanol–water partition coefficient (Wildman–Crippen LogP) is -1.52. The van der Waals surface area contributed by atoms with E-state index in [9.17, 15) is 19.8 Å². The van der Waals surface area contributed by atoms with Crippen LogP contribution in [0.1, 0.15) is 20.7 Å². The number of carbonyl (C=O) groups is 2. The number of thiophene rings is 1. The van der Waals surface area contributed by atoms with Crippen LogP contribution in [0.4, 0.5) is 0 Å². The molecule has 0 radical (unpaired) electrons. The van der Waals surface area contributed by atoms with Crippen molar-refractivity contribution in [1.29, 1.82) is 0 Å². The van der Waals surface area contributed by atoms with Crippen molar-refractivity contribution in [3.05, 3.63) is 21.9 Å². The molecule has 0 bridgehead atoms. The topological polar surface area (TPSA) is 80.3 Å². The Hall–Kier alpha value is -1.36. The van der Waals surface area contributed by atoms with Crippen molar-refractivity contribution in [2.24, 2.45) is 0 Å². The molecular weight excluding hydrogens is 168 g/mol. The zero-order valence-electron chi connectivity index (χ0n) is 5.20. The average Bonchev–Trinajstić information content (AvgIpc) is 2.32. The van der Waals surface area contributed by atoms with Crippen molar-refractivity contribution in [2.75, 3.05) is 0 Å². The fourth-order valence-corrected chi connectivity index (χ4v) is 1.40. The molecule has 0 aliphatic rings. The monoisotopic (exact) mass is 170 g/mol. The zero-order valence-corrected chi connectivity index (χ0v) is 6.01. The van der Waals surface area contributed by atoms with Crippen molar-refractivity contribution in [1.82, 2.24) is 0 Å². The average molecular weight is 170 g/mol.